The molecule has 0 bridgehead atoms. The lowest BCUT2D eigenvalue weighted by Crippen LogP contribution is -2.36. The van der Waals surface area contributed by atoms with Gasteiger partial charge in [0.05, 0.1) is 19.5 Å². The highest BCUT2D eigenvalue weighted by Gasteiger charge is 2.12. The molecule has 1 aliphatic rings. The molecule has 25 heavy (non-hydrogen) atoms. The Labute approximate surface area is 145 Å². The summed E-state index contributed by atoms with van der Waals surface area (Å²) < 4.78 is 10.5. The molecule has 0 unspecified atom stereocenters. The third kappa shape index (κ3) is 5.32. The highest BCUT2D eigenvalue weighted by molar-refractivity contribution is 5.91. The van der Waals surface area contributed by atoms with E-state index in [2.05, 4.69) is 25.5 Å². The van der Waals surface area contributed by atoms with Gasteiger partial charge in [-0.15, -0.1) is 0 Å². The number of carbonyl (C=O) groups excluding carboxylic acids is 1. The Hall–Kier alpha value is -2.87. The van der Waals surface area contributed by atoms with E-state index in [1.165, 1.54) is 12.4 Å². The summed E-state index contributed by atoms with van der Waals surface area (Å²) in [6, 6.07) is 5.46. The second kappa shape index (κ2) is 8.84. The second-order valence-corrected chi connectivity index (χ2v) is 5.43. The number of hydrogen-bond donors (Lipinski definition) is 2. The third-order valence-corrected chi connectivity index (χ3v) is 3.66. The van der Waals surface area contributed by atoms with Gasteiger partial charge < -0.3 is 24.7 Å². The van der Waals surface area contributed by atoms with Crippen molar-refractivity contribution in [2.24, 2.45) is 0 Å². The van der Waals surface area contributed by atoms with Crippen LogP contribution in [0.1, 0.15) is 5.76 Å². The Morgan fingerprint density at radius 2 is 2.16 bits per heavy atom. The molecule has 0 spiro atoms. The molecule has 2 aromatic heterocycles. The number of carbonyl (C=O) groups is 1. The number of ether oxygens (including phenoxy) is 1. The maximum absolute atomic E-state index is 11.7. The van der Waals surface area contributed by atoms with E-state index in [-0.39, 0.29) is 5.91 Å². The summed E-state index contributed by atoms with van der Waals surface area (Å²) in [5.74, 6) is 2.09. The van der Waals surface area contributed by atoms with Gasteiger partial charge in [0.2, 0.25) is 5.91 Å². The summed E-state index contributed by atoms with van der Waals surface area (Å²) in [6.07, 6.45) is 6.17. The maximum atomic E-state index is 11.7. The van der Waals surface area contributed by atoms with E-state index < -0.39 is 0 Å². The predicted octanol–water partition coefficient (Wildman–Crippen LogP) is 1.15. The van der Waals surface area contributed by atoms with Gasteiger partial charge in [0, 0.05) is 38.3 Å². The summed E-state index contributed by atoms with van der Waals surface area (Å²) in [5, 5.41) is 5.98. The molecule has 2 aromatic rings. The van der Waals surface area contributed by atoms with Gasteiger partial charge in [-0.05, 0) is 18.2 Å². The van der Waals surface area contributed by atoms with E-state index in [0.717, 1.165) is 24.7 Å². The highest BCUT2D eigenvalue weighted by atomic mass is 16.5. The zero-order chi connectivity index (χ0) is 17.3. The SMILES string of the molecule is O=C(/C=C/c1ccco1)NCCNc1cc(N2CCOCC2)ncn1. The quantitative estimate of drug-likeness (QED) is 0.575. The van der Waals surface area contributed by atoms with Crippen LogP contribution in [-0.4, -0.2) is 55.3 Å². The molecular formula is C17H21N5O3. The van der Waals surface area contributed by atoms with E-state index >= 15 is 0 Å². The molecule has 1 amide bonds. The van der Waals surface area contributed by atoms with E-state index in [1.807, 2.05) is 6.07 Å². The Morgan fingerprint density at radius 3 is 2.96 bits per heavy atom. The van der Waals surface area contributed by atoms with E-state index in [9.17, 15) is 4.79 Å². The molecule has 1 saturated heterocycles. The molecule has 2 N–H and O–H groups in total. The number of aromatic nitrogens is 2. The van der Waals surface area contributed by atoms with Crippen molar-refractivity contribution in [3.63, 3.8) is 0 Å². The molecular weight excluding hydrogens is 322 g/mol. The van der Waals surface area contributed by atoms with Crippen molar-refractivity contribution >= 4 is 23.6 Å². The molecule has 0 aromatic carbocycles. The normalized spacial score (nSPS) is 14.6. The minimum atomic E-state index is -0.171. The predicted molar refractivity (Wildman–Crippen MR) is 94.3 cm³/mol. The van der Waals surface area contributed by atoms with Crippen molar-refractivity contribution in [1.29, 1.82) is 0 Å². The molecule has 3 heterocycles. The van der Waals surface area contributed by atoms with E-state index in [1.54, 1.807) is 24.5 Å². The average Bonchev–Trinajstić information content (AvgIpc) is 3.18. The van der Waals surface area contributed by atoms with Crippen LogP contribution in [0.25, 0.3) is 6.08 Å². The monoisotopic (exact) mass is 343 g/mol. The Balaban J connectivity index is 1.40. The van der Waals surface area contributed by atoms with E-state index in [0.29, 0.717) is 32.1 Å². The van der Waals surface area contributed by atoms with Crippen molar-refractivity contribution < 1.29 is 13.9 Å². The zero-order valence-electron chi connectivity index (χ0n) is 13.9. The highest BCUT2D eigenvalue weighted by Crippen LogP contribution is 2.15. The van der Waals surface area contributed by atoms with Crippen LogP contribution >= 0.6 is 0 Å². The first-order valence-corrected chi connectivity index (χ1v) is 8.19. The number of rotatable bonds is 7. The topological polar surface area (TPSA) is 92.5 Å². The van der Waals surface area contributed by atoms with Crippen LogP contribution < -0.4 is 15.5 Å². The number of nitrogens with zero attached hydrogens (tertiary/aromatic N) is 3. The first kappa shape index (κ1) is 17.0. The van der Waals surface area contributed by atoms with Crippen LogP contribution in [0.3, 0.4) is 0 Å². The molecule has 0 saturated carbocycles. The second-order valence-electron chi connectivity index (χ2n) is 5.43. The Bertz CT molecular complexity index is 696. The van der Waals surface area contributed by atoms with Crippen LogP contribution in [0.4, 0.5) is 11.6 Å². The lowest BCUT2D eigenvalue weighted by atomic mass is 10.4. The fourth-order valence-electron chi connectivity index (χ4n) is 2.39. The largest absolute Gasteiger partial charge is 0.465 e. The van der Waals surface area contributed by atoms with Crippen molar-refractivity contribution in [3.05, 3.63) is 42.6 Å². The van der Waals surface area contributed by atoms with Gasteiger partial charge in [0.1, 0.15) is 23.7 Å². The minimum Gasteiger partial charge on any atom is -0.465 e. The maximum Gasteiger partial charge on any atom is 0.244 e. The van der Waals surface area contributed by atoms with Gasteiger partial charge in [0.25, 0.3) is 0 Å². The smallest absolute Gasteiger partial charge is 0.244 e. The standard InChI is InChI=1S/C17H21N5O3/c23-17(4-3-14-2-1-9-25-14)19-6-5-18-15-12-16(21-13-20-15)22-7-10-24-11-8-22/h1-4,9,12-13H,5-8,10-11H2,(H,19,23)(H,18,20,21)/b4-3+. The summed E-state index contributed by atoms with van der Waals surface area (Å²) in [5.41, 5.74) is 0. The van der Waals surface area contributed by atoms with E-state index in [4.69, 9.17) is 9.15 Å². The van der Waals surface area contributed by atoms with Crippen LogP contribution in [0.2, 0.25) is 0 Å². The minimum absolute atomic E-state index is 0.171. The Kier molecular flexibility index (Phi) is 6.00. The number of amides is 1. The molecule has 132 valence electrons. The molecule has 0 aliphatic carbocycles. The first-order chi connectivity index (χ1) is 12.3. The number of nitrogens with one attached hydrogen (secondary N) is 2. The van der Waals surface area contributed by atoms with Gasteiger partial charge in [-0.25, -0.2) is 9.97 Å². The lowest BCUT2D eigenvalue weighted by Gasteiger charge is -2.27. The summed E-state index contributed by atoms with van der Waals surface area (Å²) in [7, 11) is 0. The molecule has 0 radical (unpaired) electrons. The number of hydrogen-bond acceptors (Lipinski definition) is 7. The van der Waals surface area contributed by atoms with Gasteiger partial charge in [-0.1, -0.05) is 0 Å². The van der Waals surface area contributed by atoms with Gasteiger partial charge in [-0.3, -0.25) is 4.79 Å². The fourth-order valence-corrected chi connectivity index (χ4v) is 2.39. The Morgan fingerprint density at radius 1 is 1.28 bits per heavy atom. The van der Waals surface area contributed by atoms with Crippen molar-refractivity contribution in [2.75, 3.05) is 49.6 Å². The molecule has 1 fully saturated rings. The van der Waals surface area contributed by atoms with Crippen LogP contribution in [0, 0.1) is 0 Å². The van der Waals surface area contributed by atoms with Gasteiger partial charge >= 0.3 is 0 Å². The van der Waals surface area contributed by atoms with Gasteiger partial charge in [-0.2, -0.15) is 0 Å². The van der Waals surface area contributed by atoms with Crippen LogP contribution in [-0.2, 0) is 9.53 Å². The molecule has 0 atom stereocenters. The zero-order valence-corrected chi connectivity index (χ0v) is 13.9. The third-order valence-electron chi connectivity index (χ3n) is 3.66. The van der Waals surface area contributed by atoms with Crippen molar-refractivity contribution in [2.45, 2.75) is 0 Å². The lowest BCUT2D eigenvalue weighted by molar-refractivity contribution is -0.116. The number of anilines is 2. The summed E-state index contributed by atoms with van der Waals surface area (Å²) in [4.78, 5) is 22.4. The fraction of sp³-hybridized carbons (Fsp3) is 0.353. The molecule has 8 nitrogen and oxygen atoms in total. The van der Waals surface area contributed by atoms with Crippen molar-refractivity contribution in [3.8, 4) is 0 Å². The molecule has 1 aliphatic heterocycles. The summed E-state index contributed by atoms with van der Waals surface area (Å²) in [6.45, 7) is 4.13. The van der Waals surface area contributed by atoms with Crippen LogP contribution in [0.15, 0.2) is 41.3 Å². The van der Waals surface area contributed by atoms with Crippen molar-refractivity contribution in [1.82, 2.24) is 15.3 Å². The molecule has 8 heteroatoms. The van der Waals surface area contributed by atoms with Crippen LogP contribution in [0.5, 0.6) is 0 Å². The first-order valence-electron chi connectivity index (χ1n) is 8.19. The summed E-state index contributed by atoms with van der Waals surface area (Å²) >= 11 is 0. The molecule has 3 rings (SSSR count). The number of furan rings is 1. The average molecular weight is 343 g/mol. The van der Waals surface area contributed by atoms with Gasteiger partial charge in [0.15, 0.2) is 0 Å². The number of morpholine rings is 1.